The molecule has 5 heteroatoms. The van der Waals surface area contributed by atoms with Gasteiger partial charge in [-0.2, -0.15) is 0 Å². The van der Waals surface area contributed by atoms with Gasteiger partial charge in [-0.1, -0.05) is 13.8 Å². The fourth-order valence-corrected chi connectivity index (χ4v) is 2.09. The number of carboxylic acid groups (broad SMARTS) is 1. The maximum atomic E-state index is 11.8. The third-order valence-electron chi connectivity index (χ3n) is 3.47. The van der Waals surface area contributed by atoms with Crippen molar-refractivity contribution in [3.8, 4) is 0 Å². The molecule has 0 aromatic carbocycles. The number of carboxylic acids is 1. The molecule has 1 heterocycles. The Morgan fingerprint density at radius 1 is 1.25 bits per heavy atom. The van der Waals surface area contributed by atoms with E-state index in [9.17, 15) is 9.59 Å². The SMILES string of the molecule is CC1(C)CCN(C(=O)NC2(C(=O)O)CC2)C1. The molecule has 0 spiro atoms. The lowest BCUT2D eigenvalue weighted by atomic mass is 9.93. The molecule has 1 aliphatic heterocycles. The van der Waals surface area contributed by atoms with E-state index in [1.165, 1.54) is 0 Å². The zero-order chi connectivity index (χ0) is 12.0. The molecule has 5 nitrogen and oxygen atoms in total. The normalized spacial score (nSPS) is 25.2. The Kier molecular flexibility index (Phi) is 2.36. The van der Waals surface area contributed by atoms with Gasteiger partial charge in [0.2, 0.25) is 0 Å². The first-order valence-corrected chi connectivity index (χ1v) is 5.65. The first-order chi connectivity index (χ1) is 7.35. The molecule has 16 heavy (non-hydrogen) atoms. The Labute approximate surface area is 94.8 Å². The quantitative estimate of drug-likeness (QED) is 0.739. The number of nitrogens with zero attached hydrogens (tertiary/aromatic N) is 1. The van der Waals surface area contributed by atoms with Gasteiger partial charge in [0.25, 0.3) is 0 Å². The van der Waals surface area contributed by atoms with Gasteiger partial charge in [-0.3, -0.25) is 0 Å². The van der Waals surface area contributed by atoms with E-state index in [0.717, 1.165) is 6.42 Å². The average molecular weight is 226 g/mol. The molecule has 2 rings (SSSR count). The van der Waals surface area contributed by atoms with Crippen molar-refractivity contribution >= 4 is 12.0 Å². The minimum atomic E-state index is -0.968. The molecule has 2 aliphatic rings. The predicted octanol–water partition coefficient (Wildman–Crippen LogP) is 1.05. The lowest BCUT2D eigenvalue weighted by Gasteiger charge is -2.22. The van der Waals surface area contributed by atoms with Crippen molar-refractivity contribution < 1.29 is 14.7 Å². The lowest BCUT2D eigenvalue weighted by Crippen LogP contribution is -2.49. The second-order valence-corrected chi connectivity index (χ2v) is 5.65. The number of likely N-dealkylation sites (tertiary alicyclic amines) is 1. The Balaban J connectivity index is 1.93. The Morgan fingerprint density at radius 3 is 2.25 bits per heavy atom. The van der Waals surface area contributed by atoms with Crippen molar-refractivity contribution in [1.29, 1.82) is 0 Å². The molecule has 0 aromatic rings. The molecule has 90 valence electrons. The van der Waals surface area contributed by atoms with E-state index < -0.39 is 11.5 Å². The molecule has 2 amide bonds. The molecular formula is C11H18N2O3. The molecule has 1 saturated carbocycles. The summed E-state index contributed by atoms with van der Waals surface area (Å²) in [7, 11) is 0. The summed E-state index contributed by atoms with van der Waals surface area (Å²) in [6, 6.07) is -0.231. The van der Waals surface area contributed by atoms with Crippen molar-refractivity contribution in [2.45, 2.75) is 38.6 Å². The maximum absolute atomic E-state index is 11.8. The van der Waals surface area contributed by atoms with Crippen molar-refractivity contribution in [3.05, 3.63) is 0 Å². The number of amides is 2. The second-order valence-electron chi connectivity index (χ2n) is 5.65. The number of carbonyl (C=O) groups excluding carboxylic acids is 1. The molecule has 2 fully saturated rings. The predicted molar refractivity (Wildman–Crippen MR) is 58.1 cm³/mol. The first-order valence-electron chi connectivity index (χ1n) is 5.65. The lowest BCUT2D eigenvalue weighted by molar-refractivity contribution is -0.140. The highest BCUT2D eigenvalue weighted by Gasteiger charge is 2.52. The molecule has 0 aromatic heterocycles. The summed E-state index contributed by atoms with van der Waals surface area (Å²) in [6.45, 7) is 5.65. The number of hydrogen-bond donors (Lipinski definition) is 2. The van der Waals surface area contributed by atoms with E-state index in [1.807, 2.05) is 0 Å². The number of rotatable bonds is 2. The van der Waals surface area contributed by atoms with Crippen LogP contribution in [0.4, 0.5) is 4.79 Å². The monoisotopic (exact) mass is 226 g/mol. The van der Waals surface area contributed by atoms with Crippen LogP contribution >= 0.6 is 0 Å². The number of carbonyl (C=O) groups is 2. The van der Waals surface area contributed by atoms with Crippen LogP contribution in [0.3, 0.4) is 0 Å². The van der Waals surface area contributed by atoms with Crippen molar-refractivity contribution in [3.63, 3.8) is 0 Å². The van der Waals surface area contributed by atoms with Crippen molar-refractivity contribution in [1.82, 2.24) is 10.2 Å². The fourth-order valence-electron chi connectivity index (χ4n) is 2.09. The fraction of sp³-hybridized carbons (Fsp3) is 0.818. The van der Waals surface area contributed by atoms with Crippen molar-refractivity contribution in [2.24, 2.45) is 5.41 Å². The highest BCUT2D eigenvalue weighted by Crippen LogP contribution is 2.36. The summed E-state index contributed by atoms with van der Waals surface area (Å²) in [5.41, 5.74) is -0.818. The van der Waals surface area contributed by atoms with Crippen LogP contribution in [0.15, 0.2) is 0 Å². The standard InChI is InChI=1S/C11H18N2O3/c1-10(2)5-6-13(7-10)9(16)12-11(3-4-11)8(14)15/h3-7H2,1-2H3,(H,12,16)(H,14,15). The van der Waals surface area contributed by atoms with Crippen LogP contribution in [0.2, 0.25) is 0 Å². The van der Waals surface area contributed by atoms with E-state index in [0.29, 0.717) is 25.9 Å². The second kappa shape index (κ2) is 3.37. The topological polar surface area (TPSA) is 69.6 Å². The van der Waals surface area contributed by atoms with E-state index in [1.54, 1.807) is 4.90 Å². The van der Waals surface area contributed by atoms with E-state index in [2.05, 4.69) is 19.2 Å². The highest BCUT2D eigenvalue weighted by atomic mass is 16.4. The number of nitrogens with one attached hydrogen (secondary N) is 1. The van der Waals surface area contributed by atoms with Gasteiger partial charge in [-0.05, 0) is 24.7 Å². The summed E-state index contributed by atoms with van der Waals surface area (Å²) >= 11 is 0. The van der Waals surface area contributed by atoms with E-state index >= 15 is 0 Å². The minimum Gasteiger partial charge on any atom is -0.480 e. The molecule has 2 N–H and O–H groups in total. The number of urea groups is 1. The maximum Gasteiger partial charge on any atom is 0.329 e. The summed E-state index contributed by atoms with van der Waals surface area (Å²) < 4.78 is 0. The van der Waals surface area contributed by atoms with E-state index in [-0.39, 0.29) is 11.4 Å². The minimum absolute atomic E-state index is 0.150. The smallest absolute Gasteiger partial charge is 0.329 e. The summed E-state index contributed by atoms with van der Waals surface area (Å²) in [6.07, 6.45) is 2.07. The van der Waals surface area contributed by atoms with E-state index in [4.69, 9.17) is 5.11 Å². The largest absolute Gasteiger partial charge is 0.480 e. The average Bonchev–Trinajstić information content (AvgIpc) is 2.85. The Hall–Kier alpha value is -1.26. The zero-order valence-electron chi connectivity index (χ0n) is 9.75. The van der Waals surface area contributed by atoms with Crippen LogP contribution in [0.1, 0.15) is 33.1 Å². The van der Waals surface area contributed by atoms with Gasteiger partial charge in [0.05, 0.1) is 0 Å². The first kappa shape index (κ1) is 11.2. The van der Waals surface area contributed by atoms with Crippen LogP contribution in [0.5, 0.6) is 0 Å². The number of hydrogen-bond acceptors (Lipinski definition) is 2. The van der Waals surface area contributed by atoms with Gasteiger partial charge in [0.15, 0.2) is 0 Å². The van der Waals surface area contributed by atoms with Gasteiger partial charge < -0.3 is 15.3 Å². The molecular weight excluding hydrogens is 208 g/mol. The van der Waals surface area contributed by atoms with Crippen LogP contribution < -0.4 is 5.32 Å². The van der Waals surface area contributed by atoms with Gasteiger partial charge >= 0.3 is 12.0 Å². The highest BCUT2D eigenvalue weighted by molar-refractivity contribution is 5.89. The Bertz CT molecular complexity index is 334. The van der Waals surface area contributed by atoms with Gasteiger partial charge in [0.1, 0.15) is 5.54 Å². The summed E-state index contributed by atoms with van der Waals surface area (Å²) in [5, 5.41) is 11.6. The van der Waals surface area contributed by atoms with Gasteiger partial charge in [-0.25, -0.2) is 9.59 Å². The van der Waals surface area contributed by atoms with Crippen molar-refractivity contribution in [2.75, 3.05) is 13.1 Å². The molecule has 1 aliphatic carbocycles. The van der Waals surface area contributed by atoms with Crippen LogP contribution in [-0.4, -0.2) is 40.6 Å². The van der Waals surface area contributed by atoms with Crippen LogP contribution in [0.25, 0.3) is 0 Å². The van der Waals surface area contributed by atoms with Crippen LogP contribution in [-0.2, 0) is 4.79 Å². The molecule has 0 bridgehead atoms. The zero-order valence-corrected chi connectivity index (χ0v) is 9.75. The summed E-state index contributed by atoms with van der Waals surface area (Å²) in [4.78, 5) is 24.5. The van der Waals surface area contributed by atoms with Crippen LogP contribution in [0, 0.1) is 5.41 Å². The molecule has 0 radical (unpaired) electrons. The number of aliphatic carboxylic acids is 1. The third-order valence-corrected chi connectivity index (χ3v) is 3.47. The third kappa shape index (κ3) is 1.99. The molecule has 0 unspecified atom stereocenters. The van der Waals surface area contributed by atoms with Gasteiger partial charge in [0, 0.05) is 13.1 Å². The Morgan fingerprint density at radius 2 is 1.88 bits per heavy atom. The van der Waals surface area contributed by atoms with Gasteiger partial charge in [-0.15, -0.1) is 0 Å². The summed E-state index contributed by atoms with van der Waals surface area (Å²) in [5.74, 6) is -0.917. The molecule has 0 atom stereocenters. The molecule has 1 saturated heterocycles.